The third-order valence-corrected chi connectivity index (χ3v) is 10.3. The molecule has 0 amide bonds. The standard InChI is InChI=1S/C48H37N/c1-3-10-32(4-2)36-18-16-34-17-20-38(30-42(34)29-36)39-21-24-44-41(28-39)23-26-46-45-25-22-40(37-19-15-33-11-8-9-12-35(33)27-37)31-47(45)49(48(44)46)43-13-6-5-7-14-43/h4-31,33,35H,2-3H2,1H3/b32-10+. The predicted octanol–water partition coefficient (Wildman–Crippen LogP) is 13.0. The van der Waals surface area contributed by atoms with Crippen LogP contribution in [0.25, 0.3) is 71.3 Å². The second-order valence-corrected chi connectivity index (χ2v) is 13.3. The van der Waals surface area contributed by atoms with Crippen LogP contribution in [0.5, 0.6) is 0 Å². The highest BCUT2D eigenvalue weighted by atomic mass is 15.0. The summed E-state index contributed by atoms with van der Waals surface area (Å²) >= 11 is 0. The lowest BCUT2D eigenvalue weighted by molar-refractivity contribution is 0.663. The van der Waals surface area contributed by atoms with Crippen molar-refractivity contribution in [3.8, 4) is 16.8 Å². The molecule has 1 nitrogen and oxygen atoms in total. The molecule has 0 saturated heterocycles. The van der Waals surface area contributed by atoms with E-state index in [4.69, 9.17) is 0 Å². The first-order chi connectivity index (χ1) is 24.2. The second kappa shape index (κ2) is 12.0. The lowest BCUT2D eigenvalue weighted by Crippen LogP contribution is -2.11. The van der Waals surface area contributed by atoms with E-state index in [1.165, 1.54) is 82.4 Å². The Kier molecular flexibility index (Phi) is 7.13. The van der Waals surface area contributed by atoms with Gasteiger partial charge in [-0.1, -0.05) is 147 Å². The summed E-state index contributed by atoms with van der Waals surface area (Å²) in [7, 11) is 0. The van der Waals surface area contributed by atoms with Gasteiger partial charge in [-0.15, -0.1) is 0 Å². The van der Waals surface area contributed by atoms with Gasteiger partial charge in [0.1, 0.15) is 0 Å². The predicted molar refractivity (Wildman–Crippen MR) is 212 cm³/mol. The molecule has 0 bridgehead atoms. The van der Waals surface area contributed by atoms with Gasteiger partial charge in [-0.2, -0.15) is 0 Å². The molecule has 7 aromatic rings. The number of rotatable bonds is 6. The third kappa shape index (κ3) is 5.02. The van der Waals surface area contributed by atoms with Gasteiger partial charge >= 0.3 is 0 Å². The maximum Gasteiger partial charge on any atom is 0.0619 e. The van der Waals surface area contributed by atoms with Gasteiger partial charge in [0.25, 0.3) is 0 Å². The van der Waals surface area contributed by atoms with E-state index in [1.807, 2.05) is 6.08 Å². The molecular weight excluding hydrogens is 591 g/mol. The van der Waals surface area contributed by atoms with Crippen molar-refractivity contribution in [1.29, 1.82) is 0 Å². The number of hydrogen-bond donors (Lipinski definition) is 0. The zero-order valence-corrected chi connectivity index (χ0v) is 27.7. The van der Waals surface area contributed by atoms with Crippen molar-refractivity contribution in [1.82, 2.24) is 4.57 Å². The Morgan fingerprint density at radius 3 is 2.20 bits per heavy atom. The number of para-hydroxylation sites is 1. The summed E-state index contributed by atoms with van der Waals surface area (Å²) < 4.78 is 2.47. The molecule has 0 aliphatic heterocycles. The summed E-state index contributed by atoms with van der Waals surface area (Å²) in [6.45, 7) is 6.22. The van der Waals surface area contributed by atoms with E-state index in [2.05, 4.69) is 182 Å². The van der Waals surface area contributed by atoms with E-state index in [0.717, 1.165) is 6.42 Å². The van der Waals surface area contributed by atoms with E-state index in [9.17, 15) is 0 Å². The minimum absolute atomic E-state index is 0.408. The molecule has 9 rings (SSSR count). The van der Waals surface area contributed by atoms with Gasteiger partial charge in [-0.05, 0) is 92.4 Å². The van der Waals surface area contributed by atoms with E-state index < -0.39 is 0 Å². The Morgan fingerprint density at radius 1 is 0.653 bits per heavy atom. The molecule has 6 aromatic carbocycles. The van der Waals surface area contributed by atoms with Crippen molar-refractivity contribution < 1.29 is 0 Å². The molecule has 49 heavy (non-hydrogen) atoms. The van der Waals surface area contributed by atoms with Crippen molar-refractivity contribution in [2.45, 2.75) is 13.3 Å². The second-order valence-electron chi connectivity index (χ2n) is 13.3. The lowest BCUT2D eigenvalue weighted by atomic mass is 9.81. The van der Waals surface area contributed by atoms with Crippen LogP contribution in [0.3, 0.4) is 0 Å². The highest BCUT2D eigenvalue weighted by Gasteiger charge is 2.20. The number of benzene rings is 6. The molecule has 0 radical (unpaired) electrons. The van der Waals surface area contributed by atoms with E-state index in [0.29, 0.717) is 11.8 Å². The summed E-state index contributed by atoms with van der Waals surface area (Å²) in [4.78, 5) is 0. The maximum atomic E-state index is 4.05. The van der Waals surface area contributed by atoms with Crippen molar-refractivity contribution in [2.24, 2.45) is 11.8 Å². The molecular formula is C48H37N. The van der Waals surface area contributed by atoms with Crippen LogP contribution >= 0.6 is 0 Å². The van der Waals surface area contributed by atoms with Crippen LogP contribution < -0.4 is 0 Å². The number of hydrogen-bond acceptors (Lipinski definition) is 0. The van der Waals surface area contributed by atoms with Crippen molar-refractivity contribution in [3.05, 3.63) is 188 Å². The normalized spacial score (nSPS) is 17.2. The lowest BCUT2D eigenvalue weighted by Gasteiger charge is -2.23. The van der Waals surface area contributed by atoms with Crippen LogP contribution in [-0.2, 0) is 0 Å². The first-order valence-corrected chi connectivity index (χ1v) is 17.4. The smallest absolute Gasteiger partial charge is 0.0619 e. The van der Waals surface area contributed by atoms with Gasteiger partial charge in [0.2, 0.25) is 0 Å². The minimum atomic E-state index is 0.408. The average Bonchev–Trinajstić information content (AvgIpc) is 3.50. The largest absolute Gasteiger partial charge is 0.309 e. The van der Waals surface area contributed by atoms with Crippen LogP contribution in [-0.4, -0.2) is 4.57 Å². The molecule has 2 aliphatic carbocycles. The van der Waals surface area contributed by atoms with Gasteiger partial charge in [-0.25, -0.2) is 0 Å². The Balaban J connectivity index is 1.20. The molecule has 2 aliphatic rings. The van der Waals surface area contributed by atoms with E-state index >= 15 is 0 Å². The van der Waals surface area contributed by atoms with Crippen LogP contribution in [0.4, 0.5) is 0 Å². The monoisotopic (exact) mass is 627 g/mol. The van der Waals surface area contributed by atoms with Crippen molar-refractivity contribution in [3.63, 3.8) is 0 Å². The summed E-state index contributed by atoms with van der Waals surface area (Å²) in [5.74, 6) is 0.857. The summed E-state index contributed by atoms with van der Waals surface area (Å²) in [5, 5.41) is 7.52. The molecule has 2 atom stereocenters. The van der Waals surface area contributed by atoms with Gasteiger partial charge < -0.3 is 4.57 Å². The van der Waals surface area contributed by atoms with Crippen LogP contribution in [0, 0.1) is 11.8 Å². The zero-order chi connectivity index (χ0) is 32.9. The summed E-state index contributed by atoms with van der Waals surface area (Å²) in [6, 6.07) is 42.9. The topological polar surface area (TPSA) is 4.93 Å². The third-order valence-electron chi connectivity index (χ3n) is 10.3. The van der Waals surface area contributed by atoms with Crippen LogP contribution in [0.2, 0.25) is 0 Å². The maximum absolute atomic E-state index is 4.05. The van der Waals surface area contributed by atoms with E-state index in [-0.39, 0.29) is 0 Å². The van der Waals surface area contributed by atoms with Gasteiger partial charge in [0.15, 0.2) is 0 Å². The fraction of sp³-hybridized carbons (Fsp3) is 0.0833. The molecule has 0 fully saturated rings. The fourth-order valence-electron chi connectivity index (χ4n) is 7.86. The van der Waals surface area contributed by atoms with Crippen LogP contribution in [0.1, 0.15) is 24.5 Å². The molecule has 1 heteroatoms. The number of aromatic nitrogens is 1. The molecule has 0 spiro atoms. The first kappa shape index (κ1) is 29.2. The summed E-state index contributed by atoms with van der Waals surface area (Å²) in [5.41, 5.74) is 11.0. The van der Waals surface area contributed by atoms with E-state index in [1.54, 1.807) is 0 Å². The highest BCUT2D eigenvalue weighted by molar-refractivity contribution is 6.19. The molecule has 0 N–H and O–H groups in total. The molecule has 1 heterocycles. The van der Waals surface area contributed by atoms with Gasteiger partial charge in [-0.3, -0.25) is 0 Å². The molecule has 234 valence electrons. The first-order valence-electron chi connectivity index (χ1n) is 17.4. The zero-order valence-electron chi connectivity index (χ0n) is 27.7. The average molecular weight is 628 g/mol. The van der Waals surface area contributed by atoms with Crippen LogP contribution in [0.15, 0.2) is 177 Å². The number of fused-ring (bicyclic) bond motifs is 7. The Bertz CT molecular complexity index is 2600. The van der Waals surface area contributed by atoms with Crippen molar-refractivity contribution in [2.75, 3.05) is 0 Å². The minimum Gasteiger partial charge on any atom is -0.309 e. The molecule has 2 unspecified atom stereocenters. The fourth-order valence-corrected chi connectivity index (χ4v) is 7.86. The Morgan fingerprint density at radius 2 is 1.37 bits per heavy atom. The van der Waals surface area contributed by atoms with Crippen molar-refractivity contribution >= 4 is 54.5 Å². The molecule has 0 saturated carbocycles. The SMILES string of the molecule is C=C/C(=C\CC)c1ccc2ccc(-c3ccc4c(ccc5c6ccc(C7=CC8C=CC=CC8C=C7)cc6n(-c6ccccc6)c45)c3)cc2c1. The Hall–Kier alpha value is -5.92. The molecule has 1 aromatic heterocycles. The highest BCUT2D eigenvalue weighted by Crippen LogP contribution is 2.40. The van der Waals surface area contributed by atoms with Gasteiger partial charge in [0.05, 0.1) is 11.0 Å². The summed E-state index contributed by atoms with van der Waals surface area (Å²) in [6.07, 6.45) is 21.2. The Labute approximate surface area is 287 Å². The number of nitrogens with zero attached hydrogens (tertiary/aromatic N) is 1. The van der Waals surface area contributed by atoms with Gasteiger partial charge in [0, 0.05) is 33.7 Å². The quantitative estimate of drug-likeness (QED) is 0.162. The number of allylic oxidation sites excluding steroid dienone is 11.